The third-order valence-corrected chi connectivity index (χ3v) is 4.19. The maximum Gasteiger partial charge on any atom is 0.387 e. The number of ether oxygens (including phenoxy) is 1. The van der Waals surface area contributed by atoms with Crippen LogP contribution in [0, 0.1) is 11.6 Å². The highest BCUT2D eigenvalue weighted by atomic mass is 32.1. The van der Waals surface area contributed by atoms with Gasteiger partial charge in [0, 0.05) is 29.3 Å². The topological polar surface area (TPSA) is 110 Å². The van der Waals surface area contributed by atoms with Crippen molar-refractivity contribution in [1.82, 2.24) is 9.97 Å². The Bertz CT molecular complexity index is 1030. The molecule has 7 nitrogen and oxygen atoms in total. The van der Waals surface area contributed by atoms with Crippen molar-refractivity contribution < 1.29 is 31.9 Å². The number of carbonyl (C=O) groups is 2. The zero-order chi connectivity index (χ0) is 20.4. The molecule has 0 saturated carbocycles. The van der Waals surface area contributed by atoms with Crippen molar-refractivity contribution in [3.05, 3.63) is 52.7 Å². The molecule has 2 amide bonds. The molecule has 2 heterocycles. The number of hydrogen-bond donors (Lipinski definition) is 3. The number of thiazole rings is 1. The standard InChI is InChI=1S/C16H10F4N4O3S/c17-8-2-7(27-15(19)20)3-9(18)12(8)14(26)24-16-23-11(5-28-16)6-1-10(13(21)25)22-4-6/h1-5,15,22H,(H2,21,25)(H,23,24,26). The molecule has 146 valence electrons. The van der Waals surface area contributed by atoms with Gasteiger partial charge in [0.1, 0.15) is 28.6 Å². The fourth-order valence-electron chi connectivity index (χ4n) is 2.25. The molecule has 4 N–H and O–H groups in total. The van der Waals surface area contributed by atoms with Gasteiger partial charge in [-0.15, -0.1) is 11.3 Å². The fourth-order valence-corrected chi connectivity index (χ4v) is 2.96. The Morgan fingerprint density at radius 2 is 1.89 bits per heavy atom. The summed E-state index contributed by atoms with van der Waals surface area (Å²) in [6, 6.07) is 2.40. The van der Waals surface area contributed by atoms with Gasteiger partial charge in [-0.05, 0) is 6.07 Å². The molecule has 0 aliphatic rings. The number of halogens is 4. The lowest BCUT2D eigenvalue weighted by molar-refractivity contribution is -0.0501. The van der Waals surface area contributed by atoms with E-state index in [4.69, 9.17) is 5.73 Å². The van der Waals surface area contributed by atoms with E-state index >= 15 is 0 Å². The normalized spacial score (nSPS) is 10.9. The van der Waals surface area contributed by atoms with Crippen LogP contribution in [-0.4, -0.2) is 28.4 Å². The second-order valence-corrected chi connectivity index (χ2v) is 6.16. The molecule has 28 heavy (non-hydrogen) atoms. The number of rotatable bonds is 6. The maximum absolute atomic E-state index is 14.0. The number of aromatic amines is 1. The summed E-state index contributed by atoms with van der Waals surface area (Å²) in [5, 5.41) is 3.78. The van der Waals surface area contributed by atoms with Crippen molar-refractivity contribution in [2.75, 3.05) is 5.32 Å². The van der Waals surface area contributed by atoms with Crippen molar-refractivity contribution in [2.45, 2.75) is 6.61 Å². The van der Waals surface area contributed by atoms with Crippen molar-refractivity contribution in [1.29, 1.82) is 0 Å². The number of nitrogens with one attached hydrogen (secondary N) is 2. The predicted octanol–water partition coefficient (Wildman–Crippen LogP) is 3.37. The van der Waals surface area contributed by atoms with Gasteiger partial charge in [0.05, 0.1) is 5.69 Å². The fraction of sp³-hybridized carbons (Fsp3) is 0.0625. The number of H-pyrrole nitrogens is 1. The van der Waals surface area contributed by atoms with Crippen LogP contribution in [-0.2, 0) is 0 Å². The average Bonchev–Trinajstić information content (AvgIpc) is 3.22. The van der Waals surface area contributed by atoms with E-state index in [0.29, 0.717) is 23.4 Å². The van der Waals surface area contributed by atoms with E-state index in [1.54, 1.807) is 0 Å². The highest BCUT2D eigenvalue weighted by Crippen LogP contribution is 2.27. The molecule has 0 fully saturated rings. The first-order valence-electron chi connectivity index (χ1n) is 7.44. The average molecular weight is 414 g/mol. The molecule has 0 aliphatic carbocycles. The van der Waals surface area contributed by atoms with Crippen molar-refractivity contribution >= 4 is 28.3 Å². The second kappa shape index (κ2) is 7.68. The first kappa shape index (κ1) is 19.4. The van der Waals surface area contributed by atoms with E-state index in [0.717, 1.165) is 11.3 Å². The van der Waals surface area contributed by atoms with Gasteiger partial charge in [-0.1, -0.05) is 0 Å². The summed E-state index contributed by atoms with van der Waals surface area (Å²) < 4.78 is 56.1. The number of anilines is 1. The molecule has 3 rings (SSSR count). The lowest BCUT2D eigenvalue weighted by Crippen LogP contribution is -2.16. The Kier molecular flexibility index (Phi) is 5.31. The van der Waals surface area contributed by atoms with Crippen LogP contribution in [0.2, 0.25) is 0 Å². The maximum atomic E-state index is 14.0. The smallest absolute Gasteiger partial charge is 0.387 e. The monoisotopic (exact) mass is 414 g/mol. The quantitative estimate of drug-likeness (QED) is 0.537. The Morgan fingerprint density at radius 3 is 2.46 bits per heavy atom. The largest absolute Gasteiger partial charge is 0.435 e. The van der Waals surface area contributed by atoms with Gasteiger partial charge in [0.15, 0.2) is 5.13 Å². The zero-order valence-corrected chi connectivity index (χ0v) is 14.5. The summed E-state index contributed by atoms with van der Waals surface area (Å²) >= 11 is 0.966. The minimum Gasteiger partial charge on any atom is -0.435 e. The van der Waals surface area contributed by atoms with Crippen LogP contribution in [0.5, 0.6) is 5.75 Å². The molecule has 0 aliphatic heterocycles. The van der Waals surface area contributed by atoms with Crippen LogP contribution in [0.25, 0.3) is 11.3 Å². The van der Waals surface area contributed by atoms with Crippen molar-refractivity contribution in [3.8, 4) is 17.0 Å². The van der Waals surface area contributed by atoms with Gasteiger partial charge in [0.25, 0.3) is 11.8 Å². The first-order valence-corrected chi connectivity index (χ1v) is 8.32. The molecular formula is C16H10F4N4O3S. The minimum atomic E-state index is -3.27. The molecule has 12 heteroatoms. The lowest BCUT2D eigenvalue weighted by Gasteiger charge is -2.08. The number of benzene rings is 1. The molecule has 0 atom stereocenters. The molecular weight excluding hydrogens is 404 g/mol. The van der Waals surface area contributed by atoms with E-state index < -0.39 is 41.4 Å². The molecule has 3 aromatic rings. The van der Waals surface area contributed by atoms with Crippen LogP contribution in [0.15, 0.2) is 29.8 Å². The Labute approximate surface area is 158 Å². The first-order chi connectivity index (χ1) is 13.2. The second-order valence-electron chi connectivity index (χ2n) is 5.30. The lowest BCUT2D eigenvalue weighted by atomic mass is 10.1. The number of nitrogens with two attached hydrogens (primary N) is 1. The molecule has 0 spiro atoms. The number of hydrogen-bond acceptors (Lipinski definition) is 5. The SMILES string of the molecule is NC(=O)c1cc(-c2csc(NC(=O)c3c(F)cc(OC(F)F)cc3F)n2)c[nH]1. The van der Waals surface area contributed by atoms with Crippen LogP contribution in [0.3, 0.4) is 0 Å². The number of carbonyl (C=O) groups excluding carboxylic acids is 2. The molecule has 2 aromatic heterocycles. The molecule has 0 unspecified atom stereocenters. The third-order valence-electron chi connectivity index (χ3n) is 3.44. The van der Waals surface area contributed by atoms with Crippen LogP contribution in [0.1, 0.15) is 20.8 Å². The van der Waals surface area contributed by atoms with Gasteiger partial charge in [-0.2, -0.15) is 8.78 Å². The van der Waals surface area contributed by atoms with Crippen molar-refractivity contribution in [3.63, 3.8) is 0 Å². The van der Waals surface area contributed by atoms with Gasteiger partial charge in [-0.3, -0.25) is 14.9 Å². The third kappa shape index (κ3) is 4.11. The van der Waals surface area contributed by atoms with Crippen LogP contribution in [0.4, 0.5) is 22.7 Å². The predicted molar refractivity (Wildman–Crippen MR) is 91.4 cm³/mol. The summed E-state index contributed by atoms with van der Waals surface area (Å²) in [5.74, 6) is -5.33. The summed E-state index contributed by atoms with van der Waals surface area (Å²) in [4.78, 5) is 30.0. The highest BCUT2D eigenvalue weighted by molar-refractivity contribution is 7.14. The highest BCUT2D eigenvalue weighted by Gasteiger charge is 2.21. The van der Waals surface area contributed by atoms with Crippen molar-refractivity contribution in [2.24, 2.45) is 5.73 Å². The molecule has 1 aromatic carbocycles. The number of aromatic nitrogens is 2. The Morgan fingerprint density at radius 1 is 1.21 bits per heavy atom. The number of alkyl halides is 2. The van der Waals surface area contributed by atoms with Gasteiger partial charge < -0.3 is 15.5 Å². The summed E-state index contributed by atoms with van der Waals surface area (Å²) in [5.41, 5.74) is 5.21. The summed E-state index contributed by atoms with van der Waals surface area (Å²) in [6.45, 7) is -3.27. The van der Waals surface area contributed by atoms with E-state index in [1.165, 1.54) is 17.6 Å². The van der Waals surface area contributed by atoms with E-state index in [2.05, 4.69) is 20.0 Å². The Hall–Kier alpha value is -3.41. The van der Waals surface area contributed by atoms with Crippen LogP contribution < -0.4 is 15.8 Å². The van der Waals surface area contributed by atoms with E-state index in [9.17, 15) is 27.2 Å². The Balaban J connectivity index is 1.78. The van der Waals surface area contributed by atoms with Gasteiger partial charge in [0.2, 0.25) is 0 Å². The number of primary amides is 1. The number of nitrogens with zero attached hydrogens (tertiary/aromatic N) is 1. The number of amides is 2. The molecule has 0 bridgehead atoms. The summed E-state index contributed by atoms with van der Waals surface area (Å²) in [6.07, 6.45) is 1.47. The molecule has 0 radical (unpaired) electrons. The van der Waals surface area contributed by atoms with Gasteiger partial charge >= 0.3 is 6.61 Å². The molecule has 0 saturated heterocycles. The zero-order valence-electron chi connectivity index (χ0n) is 13.6. The van der Waals surface area contributed by atoms with Crippen LogP contribution >= 0.6 is 11.3 Å². The van der Waals surface area contributed by atoms with E-state index in [-0.39, 0.29) is 10.8 Å². The minimum absolute atomic E-state index is 0.0218. The van der Waals surface area contributed by atoms with Gasteiger partial charge in [-0.25, -0.2) is 13.8 Å². The summed E-state index contributed by atoms with van der Waals surface area (Å²) in [7, 11) is 0. The van der Waals surface area contributed by atoms with E-state index in [1.807, 2.05) is 0 Å².